The highest BCUT2D eigenvalue weighted by Crippen LogP contribution is 2.41. The number of hydrogen-bond acceptors (Lipinski definition) is 2. The lowest BCUT2D eigenvalue weighted by atomic mass is 9.91. The molecule has 3 nitrogen and oxygen atoms in total. The van der Waals surface area contributed by atoms with Crippen LogP contribution in [0, 0.1) is 0 Å². The van der Waals surface area contributed by atoms with Crippen molar-refractivity contribution in [3.8, 4) is 61.8 Å². The lowest BCUT2D eigenvalue weighted by Gasteiger charge is -2.16. The second kappa shape index (κ2) is 14.3. The standard InChI is InChI=1S/C58H37N3/c1-4-16-38(17-5-1)42-29-31-52-51-26-14-15-27-56(51)61(57(52)36-42)45-33-43(41-28-30-50-48-24-11-10-22-46(48)47-23-12-13-25-49(47)53(50)35-41)32-44(34-45)58-59-54(39-18-6-2-7-19-39)37-55(60-58)40-20-8-3-9-21-40/h1-37H. The molecule has 0 unspecified atom stereocenters. The molecule has 10 aromatic carbocycles. The predicted molar refractivity (Wildman–Crippen MR) is 256 cm³/mol. The van der Waals surface area contributed by atoms with Crippen LogP contribution >= 0.6 is 0 Å². The van der Waals surface area contributed by atoms with Gasteiger partial charge in [0, 0.05) is 33.2 Å². The molecule has 0 radical (unpaired) electrons. The molecular formula is C58H37N3. The summed E-state index contributed by atoms with van der Waals surface area (Å²) in [6.07, 6.45) is 0. The average Bonchev–Trinajstić information content (AvgIpc) is 3.68. The van der Waals surface area contributed by atoms with Gasteiger partial charge in [0.1, 0.15) is 0 Å². The normalized spacial score (nSPS) is 11.6. The van der Waals surface area contributed by atoms with E-state index in [-0.39, 0.29) is 0 Å². The molecule has 0 aliphatic rings. The van der Waals surface area contributed by atoms with Crippen molar-refractivity contribution in [2.75, 3.05) is 0 Å². The third kappa shape index (κ3) is 5.98. The van der Waals surface area contributed by atoms with Gasteiger partial charge in [-0.25, -0.2) is 9.97 Å². The molecule has 0 N–H and O–H groups in total. The van der Waals surface area contributed by atoms with Crippen LogP contribution in [-0.2, 0) is 0 Å². The minimum absolute atomic E-state index is 0.672. The zero-order valence-electron chi connectivity index (χ0n) is 33.2. The number of aromatic nitrogens is 3. The Morgan fingerprint density at radius 3 is 1.30 bits per heavy atom. The SMILES string of the molecule is c1ccc(-c2ccc3c4ccccc4n(-c4cc(-c5ccc6c7ccccc7c7ccccc7c6c5)cc(-c5nc(-c6ccccc6)cc(-c6ccccc6)n5)c4)c3c2)cc1. The highest BCUT2D eigenvalue weighted by atomic mass is 15.0. The number of nitrogens with zero attached hydrogens (tertiary/aromatic N) is 3. The van der Waals surface area contributed by atoms with Gasteiger partial charge in [0.05, 0.1) is 22.4 Å². The van der Waals surface area contributed by atoms with Gasteiger partial charge in [0.15, 0.2) is 5.82 Å². The molecule has 284 valence electrons. The summed E-state index contributed by atoms with van der Waals surface area (Å²) in [5, 5.41) is 9.94. The fourth-order valence-electron chi connectivity index (χ4n) is 9.27. The second-order valence-corrected chi connectivity index (χ2v) is 15.8. The highest BCUT2D eigenvalue weighted by molar-refractivity contribution is 6.25. The van der Waals surface area contributed by atoms with Gasteiger partial charge in [0.25, 0.3) is 0 Å². The number of para-hydroxylation sites is 1. The van der Waals surface area contributed by atoms with Gasteiger partial charge >= 0.3 is 0 Å². The van der Waals surface area contributed by atoms with Gasteiger partial charge in [-0.2, -0.15) is 0 Å². The largest absolute Gasteiger partial charge is 0.309 e. The molecule has 2 aromatic heterocycles. The first-order valence-corrected chi connectivity index (χ1v) is 20.8. The van der Waals surface area contributed by atoms with E-state index in [2.05, 4.69) is 217 Å². The molecule has 0 bridgehead atoms. The summed E-state index contributed by atoms with van der Waals surface area (Å²) in [6.45, 7) is 0. The monoisotopic (exact) mass is 775 g/mol. The van der Waals surface area contributed by atoms with Crippen LogP contribution in [0.4, 0.5) is 0 Å². The minimum atomic E-state index is 0.672. The molecule has 0 amide bonds. The molecule has 0 fully saturated rings. The first-order chi connectivity index (χ1) is 30.2. The van der Waals surface area contributed by atoms with Crippen LogP contribution in [0.15, 0.2) is 224 Å². The zero-order valence-corrected chi connectivity index (χ0v) is 33.2. The van der Waals surface area contributed by atoms with E-state index < -0.39 is 0 Å². The molecule has 2 heterocycles. The fraction of sp³-hybridized carbons (Fsp3) is 0. The maximum Gasteiger partial charge on any atom is 0.160 e. The molecule has 3 heteroatoms. The Kier molecular flexibility index (Phi) is 8.17. The summed E-state index contributed by atoms with van der Waals surface area (Å²) in [5.41, 5.74) is 12.7. The Morgan fingerprint density at radius 1 is 0.246 bits per heavy atom. The van der Waals surface area contributed by atoms with Gasteiger partial charge in [-0.3, -0.25) is 0 Å². The smallest absolute Gasteiger partial charge is 0.160 e. The Bertz CT molecular complexity index is 3530. The summed E-state index contributed by atoms with van der Waals surface area (Å²) in [7, 11) is 0. The summed E-state index contributed by atoms with van der Waals surface area (Å²) < 4.78 is 2.42. The van der Waals surface area contributed by atoms with E-state index in [9.17, 15) is 0 Å². The summed E-state index contributed by atoms with van der Waals surface area (Å²) in [6, 6.07) is 80.6. The molecule has 0 saturated heterocycles. The van der Waals surface area contributed by atoms with Crippen LogP contribution in [0.1, 0.15) is 0 Å². The summed E-state index contributed by atoms with van der Waals surface area (Å²) >= 11 is 0. The quantitative estimate of drug-likeness (QED) is 0.158. The Hall–Kier alpha value is -8.14. The number of hydrogen-bond donors (Lipinski definition) is 0. The second-order valence-electron chi connectivity index (χ2n) is 15.8. The topological polar surface area (TPSA) is 30.7 Å². The Balaban J connectivity index is 1.16. The van der Waals surface area contributed by atoms with Crippen molar-refractivity contribution in [2.45, 2.75) is 0 Å². The van der Waals surface area contributed by atoms with Gasteiger partial charge in [-0.05, 0) is 97.0 Å². The van der Waals surface area contributed by atoms with Crippen molar-refractivity contribution in [2.24, 2.45) is 0 Å². The van der Waals surface area contributed by atoms with E-state index >= 15 is 0 Å². The number of benzene rings is 10. The molecule has 12 aromatic rings. The maximum absolute atomic E-state index is 5.34. The van der Waals surface area contributed by atoms with Crippen LogP contribution in [-0.4, -0.2) is 14.5 Å². The minimum Gasteiger partial charge on any atom is -0.309 e. The third-order valence-corrected chi connectivity index (χ3v) is 12.2. The van der Waals surface area contributed by atoms with E-state index in [0.29, 0.717) is 5.82 Å². The van der Waals surface area contributed by atoms with Gasteiger partial charge in [0.2, 0.25) is 0 Å². The molecule has 61 heavy (non-hydrogen) atoms. The molecule has 0 atom stereocenters. The van der Waals surface area contributed by atoms with Crippen molar-refractivity contribution < 1.29 is 0 Å². The van der Waals surface area contributed by atoms with Crippen LogP contribution in [0.3, 0.4) is 0 Å². The molecular weight excluding hydrogens is 739 g/mol. The van der Waals surface area contributed by atoms with E-state index in [1.54, 1.807) is 0 Å². The van der Waals surface area contributed by atoms with Crippen LogP contribution < -0.4 is 0 Å². The molecule has 0 spiro atoms. The average molecular weight is 776 g/mol. The first-order valence-electron chi connectivity index (χ1n) is 20.8. The van der Waals surface area contributed by atoms with Crippen LogP contribution in [0.2, 0.25) is 0 Å². The van der Waals surface area contributed by atoms with Gasteiger partial charge in [-0.1, -0.05) is 182 Å². The lowest BCUT2D eigenvalue weighted by molar-refractivity contribution is 1.16. The highest BCUT2D eigenvalue weighted by Gasteiger charge is 2.19. The lowest BCUT2D eigenvalue weighted by Crippen LogP contribution is -1.99. The number of fused-ring (bicyclic) bond motifs is 9. The molecule has 0 aliphatic carbocycles. The van der Waals surface area contributed by atoms with Crippen molar-refractivity contribution in [1.82, 2.24) is 14.5 Å². The van der Waals surface area contributed by atoms with E-state index in [0.717, 1.165) is 55.9 Å². The Labute approximate surface area is 353 Å². The fourth-order valence-corrected chi connectivity index (χ4v) is 9.27. The summed E-state index contributed by atoms with van der Waals surface area (Å²) in [4.78, 5) is 10.7. The molecule has 12 rings (SSSR count). The van der Waals surface area contributed by atoms with Crippen LogP contribution in [0.25, 0.3) is 116 Å². The van der Waals surface area contributed by atoms with Gasteiger partial charge in [-0.15, -0.1) is 0 Å². The Morgan fingerprint density at radius 2 is 0.689 bits per heavy atom. The van der Waals surface area contributed by atoms with Crippen molar-refractivity contribution in [3.05, 3.63) is 224 Å². The first kappa shape index (κ1) is 34.9. The van der Waals surface area contributed by atoms with Crippen molar-refractivity contribution >= 4 is 54.1 Å². The molecule has 0 saturated carbocycles. The molecule has 0 aliphatic heterocycles. The van der Waals surface area contributed by atoms with E-state index in [1.165, 1.54) is 54.2 Å². The zero-order chi connectivity index (χ0) is 40.3. The summed E-state index contributed by atoms with van der Waals surface area (Å²) in [5.74, 6) is 0.672. The van der Waals surface area contributed by atoms with Gasteiger partial charge < -0.3 is 4.57 Å². The third-order valence-electron chi connectivity index (χ3n) is 12.2. The maximum atomic E-state index is 5.34. The van der Waals surface area contributed by atoms with E-state index in [1.807, 2.05) is 12.1 Å². The van der Waals surface area contributed by atoms with E-state index in [4.69, 9.17) is 9.97 Å². The van der Waals surface area contributed by atoms with Crippen molar-refractivity contribution in [3.63, 3.8) is 0 Å². The van der Waals surface area contributed by atoms with Crippen molar-refractivity contribution in [1.29, 1.82) is 0 Å². The number of rotatable bonds is 6. The predicted octanol–water partition coefficient (Wildman–Crippen LogP) is 15.4. The van der Waals surface area contributed by atoms with Crippen LogP contribution in [0.5, 0.6) is 0 Å².